The molecule has 10 nitrogen and oxygen atoms in total. The summed E-state index contributed by atoms with van der Waals surface area (Å²) in [5.41, 5.74) is -0.788. The van der Waals surface area contributed by atoms with E-state index in [1.165, 1.54) is 30.3 Å². The number of hydrogen-bond acceptors (Lipinski definition) is 7. The van der Waals surface area contributed by atoms with Crippen molar-refractivity contribution >= 4 is 46.6 Å². The van der Waals surface area contributed by atoms with Gasteiger partial charge in [0.25, 0.3) is 11.6 Å². The normalized spacial score (nSPS) is 10.7. The van der Waals surface area contributed by atoms with Crippen LogP contribution in [0.5, 0.6) is 0 Å². The SMILES string of the molecule is CC(C)(C)OC(=O)Nc1cccc(C(=O)OCC(=O)Nc2ccc(Cl)cc2[N+](=O)[O-])c1. The van der Waals surface area contributed by atoms with E-state index in [-0.39, 0.29) is 16.3 Å². The van der Waals surface area contributed by atoms with Crippen molar-refractivity contribution in [1.29, 1.82) is 0 Å². The lowest BCUT2D eigenvalue weighted by Crippen LogP contribution is -2.27. The quantitative estimate of drug-likeness (QED) is 0.379. The summed E-state index contributed by atoms with van der Waals surface area (Å²) in [6.07, 6.45) is -0.693. The first-order valence-corrected chi connectivity index (χ1v) is 9.33. The topological polar surface area (TPSA) is 137 Å². The molecule has 0 heterocycles. The van der Waals surface area contributed by atoms with Gasteiger partial charge in [-0.15, -0.1) is 0 Å². The highest BCUT2D eigenvalue weighted by atomic mass is 35.5. The molecule has 164 valence electrons. The van der Waals surface area contributed by atoms with Gasteiger partial charge in [-0.3, -0.25) is 20.2 Å². The Bertz CT molecular complexity index is 1020. The minimum absolute atomic E-state index is 0.0823. The number of rotatable bonds is 6. The summed E-state index contributed by atoms with van der Waals surface area (Å²) in [4.78, 5) is 46.5. The van der Waals surface area contributed by atoms with Gasteiger partial charge in [0.15, 0.2) is 6.61 Å². The number of nitrogens with zero attached hydrogens (tertiary/aromatic N) is 1. The number of nitrogens with one attached hydrogen (secondary N) is 2. The molecule has 0 unspecified atom stereocenters. The Morgan fingerprint density at radius 1 is 1.10 bits per heavy atom. The number of benzene rings is 2. The van der Waals surface area contributed by atoms with Crippen LogP contribution < -0.4 is 10.6 Å². The van der Waals surface area contributed by atoms with Crippen LogP contribution in [0, 0.1) is 10.1 Å². The van der Waals surface area contributed by atoms with Crippen LogP contribution in [0.15, 0.2) is 42.5 Å². The molecule has 0 bridgehead atoms. The zero-order chi connectivity index (χ0) is 23.2. The second kappa shape index (κ2) is 9.90. The third-order valence-corrected chi connectivity index (χ3v) is 3.74. The van der Waals surface area contributed by atoms with Crippen LogP contribution in [-0.4, -0.2) is 35.1 Å². The van der Waals surface area contributed by atoms with E-state index in [1.807, 2.05) is 0 Å². The van der Waals surface area contributed by atoms with E-state index in [0.717, 1.165) is 6.07 Å². The molecule has 2 N–H and O–H groups in total. The molecule has 11 heteroatoms. The molecule has 0 aromatic heterocycles. The molecule has 2 aromatic rings. The van der Waals surface area contributed by atoms with Crippen molar-refractivity contribution in [3.8, 4) is 0 Å². The lowest BCUT2D eigenvalue weighted by molar-refractivity contribution is -0.383. The molecule has 0 fully saturated rings. The fourth-order valence-electron chi connectivity index (χ4n) is 2.31. The van der Waals surface area contributed by atoms with E-state index in [0.29, 0.717) is 5.69 Å². The summed E-state index contributed by atoms with van der Waals surface area (Å²) in [6, 6.07) is 9.59. The van der Waals surface area contributed by atoms with E-state index in [2.05, 4.69) is 10.6 Å². The van der Waals surface area contributed by atoms with E-state index < -0.39 is 40.8 Å². The maximum absolute atomic E-state index is 12.2. The third-order valence-electron chi connectivity index (χ3n) is 3.51. The number of esters is 1. The predicted molar refractivity (Wildman–Crippen MR) is 113 cm³/mol. The molecule has 0 spiro atoms. The molecule has 0 atom stereocenters. The zero-order valence-electron chi connectivity index (χ0n) is 16.9. The fourth-order valence-corrected chi connectivity index (χ4v) is 2.47. The van der Waals surface area contributed by atoms with Gasteiger partial charge in [-0.2, -0.15) is 0 Å². The van der Waals surface area contributed by atoms with Crippen LogP contribution in [0.25, 0.3) is 0 Å². The zero-order valence-corrected chi connectivity index (χ0v) is 17.7. The largest absolute Gasteiger partial charge is 0.452 e. The molecular formula is C20H20ClN3O7. The fraction of sp³-hybridized carbons (Fsp3) is 0.250. The molecule has 2 rings (SSSR count). The van der Waals surface area contributed by atoms with Crippen LogP contribution in [0.4, 0.5) is 21.9 Å². The monoisotopic (exact) mass is 449 g/mol. The van der Waals surface area contributed by atoms with Crippen LogP contribution >= 0.6 is 11.6 Å². The molecule has 0 aliphatic heterocycles. The highest BCUT2D eigenvalue weighted by molar-refractivity contribution is 6.31. The average Bonchev–Trinajstić information content (AvgIpc) is 2.66. The summed E-state index contributed by atoms with van der Waals surface area (Å²) in [5.74, 6) is -1.60. The molecule has 2 amide bonds. The number of ether oxygens (including phenoxy) is 2. The highest BCUT2D eigenvalue weighted by Crippen LogP contribution is 2.27. The molecule has 0 saturated carbocycles. The van der Waals surface area contributed by atoms with E-state index in [9.17, 15) is 24.5 Å². The number of nitro benzene ring substituents is 1. The van der Waals surface area contributed by atoms with Crippen molar-refractivity contribution in [1.82, 2.24) is 0 Å². The van der Waals surface area contributed by atoms with Gasteiger partial charge in [0.1, 0.15) is 11.3 Å². The molecular weight excluding hydrogens is 430 g/mol. The first-order chi connectivity index (χ1) is 14.4. The first kappa shape index (κ1) is 23.6. The lowest BCUT2D eigenvalue weighted by atomic mass is 10.2. The van der Waals surface area contributed by atoms with Gasteiger partial charge in [0.2, 0.25) is 0 Å². The van der Waals surface area contributed by atoms with E-state index in [4.69, 9.17) is 21.1 Å². The summed E-state index contributed by atoms with van der Waals surface area (Å²) >= 11 is 5.72. The second-order valence-electron chi connectivity index (χ2n) is 7.25. The Morgan fingerprint density at radius 2 is 1.81 bits per heavy atom. The molecule has 2 aromatic carbocycles. The number of nitro groups is 1. The minimum Gasteiger partial charge on any atom is -0.452 e. The van der Waals surface area contributed by atoms with E-state index >= 15 is 0 Å². The summed E-state index contributed by atoms with van der Waals surface area (Å²) in [6.45, 7) is 4.46. The van der Waals surface area contributed by atoms with E-state index in [1.54, 1.807) is 26.8 Å². The Balaban J connectivity index is 1.96. The Hall–Kier alpha value is -3.66. The second-order valence-corrected chi connectivity index (χ2v) is 7.69. The first-order valence-electron chi connectivity index (χ1n) is 8.95. The van der Waals surface area contributed by atoms with Crippen molar-refractivity contribution in [2.24, 2.45) is 0 Å². The molecule has 31 heavy (non-hydrogen) atoms. The number of carbonyl (C=O) groups excluding carboxylic acids is 3. The maximum atomic E-state index is 12.2. The van der Waals surface area contributed by atoms with Gasteiger partial charge in [0, 0.05) is 16.8 Å². The summed E-state index contributed by atoms with van der Waals surface area (Å²) < 4.78 is 10.1. The number of halogens is 1. The van der Waals surface area contributed by atoms with Gasteiger partial charge in [-0.1, -0.05) is 17.7 Å². The highest BCUT2D eigenvalue weighted by Gasteiger charge is 2.19. The molecule has 0 aliphatic rings. The maximum Gasteiger partial charge on any atom is 0.412 e. The van der Waals surface area contributed by atoms with Gasteiger partial charge in [-0.05, 0) is 51.1 Å². The Labute approximate surface area is 182 Å². The number of anilines is 2. The number of carbonyl (C=O) groups is 3. The molecule has 0 radical (unpaired) electrons. The number of amides is 2. The molecule has 0 aliphatic carbocycles. The molecule has 0 saturated heterocycles. The van der Waals surface area contributed by atoms with Gasteiger partial charge < -0.3 is 14.8 Å². The van der Waals surface area contributed by atoms with Crippen LogP contribution in [0.1, 0.15) is 31.1 Å². The van der Waals surface area contributed by atoms with Crippen LogP contribution in [-0.2, 0) is 14.3 Å². The Morgan fingerprint density at radius 3 is 2.45 bits per heavy atom. The lowest BCUT2D eigenvalue weighted by Gasteiger charge is -2.19. The van der Waals surface area contributed by atoms with Crippen molar-refractivity contribution in [3.63, 3.8) is 0 Å². The van der Waals surface area contributed by atoms with Crippen molar-refractivity contribution in [3.05, 3.63) is 63.2 Å². The Kier molecular flexibility index (Phi) is 7.54. The number of hydrogen-bond donors (Lipinski definition) is 2. The third kappa shape index (κ3) is 7.59. The van der Waals surface area contributed by atoms with Crippen molar-refractivity contribution in [2.75, 3.05) is 17.2 Å². The summed E-state index contributed by atoms with van der Waals surface area (Å²) in [7, 11) is 0. The van der Waals surface area contributed by atoms with Gasteiger partial charge in [-0.25, -0.2) is 9.59 Å². The summed E-state index contributed by atoms with van der Waals surface area (Å²) in [5, 5.41) is 16.0. The minimum atomic E-state index is -0.825. The van der Waals surface area contributed by atoms with Crippen molar-refractivity contribution in [2.45, 2.75) is 26.4 Å². The van der Waals surface area contributed by atoms with Crippen LogP contribution in [0.2, 0.25) is 5.02 Å². The average molecular weight is 450 g/mol. The van der Waals surface area contributed by atoms with Crippen molar-refractivity contribution < 1.29 is 28.8 Å². The predicted octanol–water partition coefficient (Wildman–Crippen LogP) is 4.39. The van der Waals surface area contributed by atoms with Gasteiger partial charge in [0.05, 0.1) is 10.5 Å². The van der Waals surface area contributed by atoms with Gasteiger partial charge >= 0.3 is 12.1 Å². The smallest absolute Gasteiger partial charge is 0.412 e. The standard InChI is InChI=1S/C20H20ClN3O7/c1-20(2,3)31-19(27)22-14-6-4-5-12(9-14)18(26)30-11-17(25)23-15-8-7-13(21)10-16(15)24(28)29/h4-10H,11H2,1-3H3,(H,22,27)(H,23,25). The van der Waals surface area contributed by atoms with Crippen LogP contribution in [0.3, 0.4) is 0 Å².